The van der Waals surface area contributed by atoms with Gasteiger partial charge >= 0.3 is 0 Å². The van der Waals surface area contributed by atoms with Gasteiger partial charge in [0.1, 0.15) is 24.1 Å². The van der Waals surface area contributed by atoms with Crippen LogP contribution < -0.4 is 4.90 Å². The smallest absolute Gasteiger partial charge is 0.272 e. The normalized spacial score (nSPS) is 15.5. The number of hydrogen-bond donors (Lipinski definition) is 0. The summed E-state index contributed by atoms with van der Waals surface area (Å²) in [4.78, 5) is 12.6. The molecule has 0 amide bonds. The number of azo groups is 1. The van der Waals surface area contributed by atoms with Crippen molar-refractivity contribution in [2.24, 2.45) is 10.2 Å². The van der Waals surface area contributed by atoms with E-state index in [1.165, 1.54) is 0 Å². The number of fused-ring (bicyclic) bond motifs is 1. The van der Waals surface area contributed by atoms with E-state index in [4.69, 9.17) is 4.74 Å². The van der Waals surface area contributed by atoms with Gasteiger partial charge in [0.05, 0.1) is 21.7 Å². The summed E-state index contributed by atoms with van der Waals surface area (Å²) in [5.41, 5.74) is 1.08. The van der Waals surface area contributed by atoms with E-state index in [2.05, 4.69) is 15.1 Å². The number of rotatable bonds is 5. The molecule has 0 aliphatic carbocycles. The highest BCUT2D eigenvalue weighted by Gasteiger charge is 2.29. The predicted molar refractivity (Wildman–Crippen MR) is 113 cm³/mol. The van der Waals surface area contributed by atoms with Gasteiger partial charge in [0.15, 0.2) is 0 Å². The summed E-state index contributed by atoms with van der Waals surface area (Å²) < 4.78 is 5.49. The number of anilines is 1. The predicted octanol–water partition coefficient (Wildman–Crippen LogP) is 5.09. The van der Waals surface area contributed by atoms with Gasteiger partial charge in [-0.25, -0.2) is 0 Å². The Morgan fingerprint density at radius 1 is 1.10 bits per heavy atom. The molecule has 9 heteroatoms. The van der Waals surface area contributed by atoms with Crippen molar-refractivity contribution >= 4 is 33.5 Å². The molecule has 9 nitrogen and oxygen atoms in total. The highest BCUT2D eigenvalue weighted by molar-refractivity contribution is 6.01. The van der Waals surface area contributed by atoms with Crippen LogP contribution in [0.3, 0.4) is 0 Å². The fourth-order valence-electron chi connectivity index (χ4n) is 3.60. The van der Waals surface area contributed by atoms with Crippen molar-refractivity contribution in [2.75, 3.05) is 18.6 Å². The lowest BCUT2D eigenvalue weighted by Gasteiger charge is -2.42. The third-order valence-electron chi connectivity index (χ3n) is 5.23. The lowest BCUT2D eigenvalue weighted by Crippen LogP contribution is -2.49. The highest BCUT2D eigenvalue weighted by Crippen LogP contribution is 2.39. The maximum atomic E-state index is 11.1. The summed E-state index contributed by atoms with van der Waals surface area (Å²) in [5, 5.41) is 40.1. The van der Waals surface area contributed by atoms with Gasteiger partial charge in [0.25, 0.3) is 5.69 Å². The third-order valence-corrected chi connectivity index (χ3v) is 5.23. The zero-order chi connectivity index (χ0) is 22.0. The second kappa shape index (κ2) is 8.19. The van der Waals surface area contributed by atoms with Gasteiger partial charge in [-0.05, 0) is 12.1 Å². The van der Waals surface area contributed by atoms with Crippen molar-refractivity contribution in [3.63, 3.8) is 0 Å². The summed E-state index contributed by atoms with van der Waals surface area (Å²) >= 11 is 0. The number of methoxy groups -OCH3 is 1. The lowest BCUT2D eigenvalue weighted by molar-refractivity contribution is -0.384. The Morgan fingerprint density at radius 2 is 1.77 bits per heavy atom. The van der Waals surface area contributed by atoms with E-state index in [0.29, 0.717) is 5.69 Å². The minimum absolute atomic E-state index is 0.00551. The van der Waals surface area contributed by atoms with Crippen LogP contribution in [0.25, 0.3) is 10.8 Å². The summed E-state index contributed by atoms with van der Waals surface area (Å²) in [6, 6.07) is 17.4. The highest BCUT2D eigenvalue weighted by atomic mass is 16.6. The second-order valence-electron chi connectivity index (χ2n) is 6.89. The molecule has 1 fully saturated rings. The summed E-state index contributed by atoms with van der Waals surface area (Å²) in [6.07, 6.45) is 0.993. The average Bonchev–Trinajstić information content (AvgIpc) is 2.77. The third kappa shape index (κ3) is 3.54. The topological polar surface area (TPSA) is 128 Å². The van der Waals surface area contributed by atoms with Crippen LogP contribution in [0.4, 0.5) is 22.7 Å². The van der Waals surface area contributed by atoms with Crippen LogP contribution in [-0.2, 0) is 4.74 Å². The number of ether oxygens (including phenoxy) is 1. The molecule has 1 heterocycles. The van der Waals surface area contributed by atoms with E-state index < -0.39 is 4.92 Å². The van der Waals surface area contributed by atoms with E-state index in [0.717, 1.165) is 41.6 Å². The molecule has 1 aliphatic heterocycles. The van der Waals surface area contributed by atoms with Gasteiger partial charge in [0.2, 0.25) is 0 Å². The molecule has 31 heavy (non-hydrogen) atoms. The van der Waals surface area contributed by atoms with E-state index >= 15 is 0 Å². The Labute approximate surface area is 177 Å². The van der Waals surface area contributed by atoms with Gasteiger partial charge in [-0.3, -0.25) is 10.1 Å². The van der Waals surface area contributed by atoms with Crippen LogP contribution in [0.5, 0.6) is 0 Å². The number of nitro benzene ring substituents is 1. The monoisotopic (exact) mass is 412 g/mol. The molecule has 1 aliphatic rings. The van der Waals surface area contributed by atoms with Gasteiger partial charge in [0, 0.05) is 48.7 Å². The first kappa shape index (κ1) is 20.0. The van der Waals surface area contributed by atoms with Crippen molar-refractivity contribution in [3.8, 4) is 12.1 Å². The number of hydrogen-bond acceptors (Lipinski definition) is 8. The van der Waals surface area contributed by atoms with E-state index in [1.54, 1.807) is 7.11 Å². The summed E-state index contributed by atoms with van der Waals surface area (Å²) in [5.74, 6) is 0. The number of nitro groups is 1. The largest absolute Gasteiger partial charge is 0.362 e. The van der Waals surface area contributed by atoms with Crippen molar-refractivity contribution in [1.82, 2.24) is 0 Å². The molecule has 0 bridgehead atoms. The number of benzene rings is 3. The molecule has 0 N–H and O–H groups in total. The van der Waals surface area contributed by atoms with Crippen LogP contribution in [0.2, 0.25) is 0 Å². The van der Waals surface area contributed by atoms with Crippen molar-refractivity contribution in [1.29, 1.82) is 10.5 Å². The van der Waals surface area contributed by atoms with Gasteiger partial charge < -0.3 is 9.64 Å². The quantitative estimate of drug-likeness (QED) is 0.326. The fourth-order valence-corrected chi connectivity index (χ4v) is 3.60. The van der Waals surface area contributed by atoms with E-state index in [-0.39, 0.29) is 28.7 Å². The Kier molecular flexibility index (Phi) is 5.27. The Morgan fingerprint density at radius 3 is 2.32 bits per heavy atom. The van der Waals surface area contributed by atoms with Gasteiger partial charge in [-0.1, -0.05) is 24.3 Å². The summed E-state index contributed by atoms with van der Waals surface area (Å²) in [6.45, 7) is 0.892. The standard InChI is InChI=1S/C22H16N6O3/c1-31-21-8-9-27(21)20-7-6-19(17-4-2-3-5-18(17)20)25-26-22-14(12-23)10-16(28(29)30)11-15(22)13-24/h2-7,10-11,21H,8-9H2,1H3. The first-order valence-corrected chi connectivity index (χ1v) is 9.43. The maximum Gasteiger partial charge on any atom is 0.272 e. The first-order chi connectivity index (χ1) is 15.1. The zero-order valence-corrected chi connectivity index (χ0v) is 16.5. The Hall–Kier alpha value is -4.34. The minimum atomic E-state index is -0.655. The number of nitrogens with zero attached hydrogens (tertiary/aromatic N) is 6. The minimum Gasteiger partial charge on any atom is -0.362 e. The zero-order valence-electron chi connectivity index (χ0n) is 16.5. The number of nitriles is 2. The SMILES string of the molecule is COC1CCN1c1ccc(N=Nc2c(C#N)cc([N+](=O)[O-])cc2C#N)c2ccccc12. The first-order valence-electron chi connectivity index (χ1n) is 9.43. The van der Waals surface area contributed by atoms with E-state index in [1.807, 2.05) is 48.5 Å². The van der Waals surface area contributed by atoms with Crippen LogP contribution in [0, 0.1) is 32.8 Å². The van der Waals surface area contributed by atoms with Gasteiger partial charge in [-0.2, -0.15) is 10.5 Å². The molecule has 1 atom stereocenters. The molecular weight excluding hydrogens is 396 g/mol. The Balaban J connectivity index is 1.79. The average molecular weight is 412 g/mol. The molecule has 1 saturated heterocycles. The molecule has 0 saturated carbocycles. The van der Waals surface area contributed by atoms with Crippen LogP contribution in [-0.4, -0.2) is 24.8 Å². The molecule has 0 aromatic heterocycles. The fraction of sp³-hybridized carbons (Fsp3) is 0.182. The van der Waals surface area contributed by atoms with Gasteiger partial charge in [-0.15, -0.1) is 10.2 Å². The molecule has 1 unspecified atom stereocenters. The van der Waals surface area contributed by atoms with Crippen LogP contribution in [0.15, 0.2) is 58.8 Å². The van der Waals surface area contributed by atoms with Crippen molar-refractivity contribution in [2.45, 2.75) is 12.6 Å². The molecule has 152 valence electrons. The van der Waals surface area contributed by atoms with Crippen LogP contribution >= 0.6 is 0 Å². The molecule has 0 spiro atoms. The van der Waals surface area contributed by atoms with Crippen LogP contribution in [0.1, 0.15) is 17.5 Å². The second-order valence-corrected chi connectivity index (χ2v) is 6.89. The molecule has 0 radical (unpaired) electrons. The Bertz CT molecular complexity index is 1270. The molecule has 4 rings (SSSR count). The molecule has 3 aromatic rings. The lowest BCUT2D eigenvalue weighted by atomic mass is 10.0. The molecule has 3 aromatic carbocycles. The van der Waals surface area contributed by atoms with Crippen molar-refractivity contribution in [3.05, 3.63) is 69.8 Å². The summed E-state index contributed by atoms with van der Waals surface area (Å²) in [7, 11) is 1.69. The maximum absolute atomic E-state index is 11.1. The molecular formula is C22H16N6O3. The van der Waals surface area contributed by atoms with E-state index in [9.17, 15) is 20.6 Å². The number of non-ortho nitro benzene ring substituents is 1. The van der Waals surface area contributed by atoms with Crippen molar-refractivity contribution < 1.29 is 9.66 Å².